The van der Waals surface area contributed by atoms with Gasteiger partial charge in [-0.05, 0) is 29.7 Å². The lowest BCUT2D eigenvalue weighted by Gasteiger charge is -2.18. The van der Waals surface area contributed by atoms with Crippen LogP contribution in [0.2, 0.25) is 0 Å². The molecule has 0 bridgehead atoms. The van der Waals surface area contributed by atoms with Crippen LogP contribution in [0.3, 0.4) is 0 Å². The van der Waals surface area contributed by atoms with Crippen molar-refractivity contribution in [2.75, 3.05) is 26.2 Å². The van der Waals surface area contributed by atoms with Crippen molar-refractivity contribution in [2.24, 2.45) is 4.99 Å². The Balaban J connectivity index is 0.00000161. The molecule has 1 aliphatic rings. The second-order valence-electron chi connectivity index (χ2n) is 5.14. The highest BCUT2D eigenvalue weighted by Crippen LogP contribution is 2.15. The minimum Gasteiger partial charge on any atom is -0.356 e. The fourth-order valence-corrected chi connectivity index (χ4v) is 2.67. The number of rotatable bonds is 4. The van der Waals surface area contributed by atoms with Gasteiger partial charge in [-0.25, -0.2) is 0 Å². The number of benzene rings is 2. The standard InChI is InChI=1S/C17H21N3.BrH/c1-2-20-12-11-19-17(20)18-10-9-14-7-8-15-5-3-4-6-16(15)13-14;/h3-8,13H,2,9-12H2,1H3,(H,18,19);1H. The number of guanidine groups is 1. The van der Waals surface area contributed by atoms with E-state index in [4.69, 9.17) is 0 Å². The van der Waals surface area contributed by atoms with Gasteiger partial charge < -0.3 is 10.2 Å². The molecular formula is C17H22BrN3. The van der Waals surface area contributed by atoms with E-state index in [9.17, 15) is 0 Å². The molecule has 3 rings (SSSR count). The SMILES string of the molecule is Br.CCN1CCN=C1NCCc1ccc2ccccc2c1. The van der Waals surface area contributed by atoms with Gasteiger partial charge in [-0.1, -0.05) is 42.5 Å². The van der Waals surface area contributed by atoms with Crippen LogP contribution in [0.4, 0.5) is 0 Å². The second-order valence-corrected chi connectivity index (χ2v) is 5.14. The molecule has 0 spiro atoms. The number of halogens is 1. The van der Waals surface area contributed by atoms with Crippen LogP contribution in [0.1, 0.15) is 12.5 Å². The molecule has 0 saturated carbocycles. The third-order valence-electron chi connectivity index (χ3n) is 3.82. The largest absolute Gasteiger partial charge is 0.356 e. The molecule has 2 aromatic carbocycles. The monoisotopic (exact) mass is 347 g/mol. The summed E-state index contributed by atoms with van der Waals surface area (Å²) >= 11 is 0. The maximum absolute atomic E-state index is 4.50. The van der Waals surface area contributed by atoms with Gasteiger partial charge in [0, 0.05) is 19.6 Å². The topological polar surface area (TPSA) is 27.6 Å². The highest BCUT2D eigenvalue weighted by Gasteiger charge is 2.13. The van der Waals surface area contributed by atoms with E-state index in [1.807, 2.05) is 0 Å². The van der Waals surface area contributed by atoms with Crippen LogP contribution in [-0.4, -0.2) is 37.0 Å². The van der Waals surface area contributed by atoms with Gasteiger partial charge in [0.05, 0.1) is 6.54 Å². The van der Waals surface area contributed by atoms with Crippen molar-refractivity contribution in [1.29, 1.82) is 0 Å². The van der Waals surface area contributed by atoms with Gasteiger partial charge in [0.1, 0.15) is 0 Å². The molecule has 0 aliphatic carbocycles. The summed E-state index contributed by atoms with van der Waals surface area (Å²) in [5.74, 6) is 1.06. The number of fused-ring (bicyclic) bond motifs is 1. The van der Waals surface area contributed by atoms with Crippen LogP contribution >= 0.6 is 17.0 Å². The third-order valence-corrected chi connectivity index (χ3v) is 3.82. The van der Waals surface area contributed by atoms with Crippen molar-refractivity contribution in [3.63, 3.8) is 0 Å². The summed E-state index contributed by atoms with van der Waals surface area (Å²) in [6.07, 6.45) is 1.03. The number of nitrogens with zero attached hydrogens (tertiary/aromatic N) is 2. The lowest BCUT2D eigenvalue weighted by Crippen LogP contribution is -2.39. The Bertz CT molecular complexity index is 624. The zero-order valence-corrected chi connectivity index (χ0v) is 14.1. The molecule has 0 amide bonds. The van der Waals surface area contributed by atoms with Crippen LogP contribution in [0, 0.1) is 0 Å². The molecule has 1 heterocycles. The van der Waals surface area contributed by atoms with E-state index in [1.54, 1.807) is 0 Å². The average molecular weight is 348 g/mol. The number of likely N-dealkylation sites (N-methyl/N-ethyl adjacent to an activating group) is 1. The predicted octanol–water partition coefficient (Wildman–Crippen LogP) is 3.24. The molecular weight excluding hydrogens is 326 g/mol. The highest BCUT2D eigenvalue weighted by atomic mass is 79.9. The van der Waals surface area contributed by atoms with E-state index in [-0.39, 0.29) is 17.0 Å². The summed E-state index contributed by atoms with van der Waals surface area (Å²) < 4.78 is 0. The Hall–Kier alpha value is -1.55. The Morgan fingerprint density at radius 1 is 1.14 bits per heavy atom. The van der Waals surface area contributed by atoms with E-state index in [1.165, 1.54) is 16.3 Å². The van der Waals surface area contributed by atoms with Crippen molar-refractivity contribution in [2.45, 2.75) is 13.3 Å². The summed E-state index contributed by atoms with van der Waals surface area (Å²) in [6.45, 7) is 6.11. The van der Waals surface area contributed by atoms with E-state index in [2.05, 4.69) is 64.6 Å². The molecule has 0 aromatic heterocycles. The van der Waals surface area contributed by atoms with Crippen molar-refractivity contribution in [3.05, 3.63) is 48.0 Å². The summed E-state index contributed by atoms with van der Waals surface area (Å²) in [4.78, 5) is 6.79. The first-order valence-corrected chi connectivity index (χ1v) is 7.38. The smallest absolute Gasteiger partial charge is 0.194 e. The lowest BCUT2D eigenvalue weighted by molar-refractivity contribution is 0.467. The van der Waals surface area contributed by atoms with Gasteiger partial charge in [-0.3, -0.25) is 4.99 Å². The predicted molar refractivity (Wildman–Crippen MR) is 95.5 cm³/mol. The fraction of sp³-hybridized carbons (Fsp3) is 0.353. The molecule has 0 saturated heterocycles. The van der Waals surface area contributed by atoms with Gasteiger partial charge in [0.15, 0.2) is 5.96 Å². The number of hydrogen-bond acceptors (Lipinski definition) is 3. The Labute approximate surface area is 136 Å². The quantitative estimate of drug-likeness (QED) is 0.919. The van der Waals surface area contributed by atoms with Gasteiger partial charge in [-0.15, -0.1) is 17.0 Å². The van der Waals surface area contributed by atoms with Crippen molar-refractivity contribution < 1.29 is 0 Å². The van der Waals surface area contributed by atoms with Gasteiger partial charge in [0.25, 0.3) is 0 Å². The van der Waals surface area contributed by atoms with Gasteiger partial charge in [0.2, 0.25) is 0 Å². The van der Waals surface area contributed by atoms with Crippen LogP contribution in [0.25, 0.3) is 10.8 Å². The van der Waals surface area contributed by atoms with Crippen LogP contribution in [0.15, 0.2) is 47.5 Å². The Morgan fingerprint density at radius 2 is 1.95 bits per heavy atom. The van der Waals surface area contributed by atoms with E-state index >= 15 is 0 Å². The van der Waals surface area contributed by atoms with Gasteiger partial charge in [-0.2, -0.15) is 0 Å². The van der Waals surface area contributed by atoms with Crippen LogP contribution in [0.5, 0.6) is 0 Å². The molecule has 1 aliphatic heterocycles. The van der Waals surface area contributed by atoms with Crippen molar-refractivity contribution in [3.8, 4) is 0 Å². The van der Waals surface area contributed by atoms with Crippen LogP contribution in [-0.2, 0) is 6.42 Å². The minimum atomic E-state index is 0. The Kier molecular flexibility index (Phi) is 5.62. The van der Waals surface area contributed by atoms with Crippen LogP contribution < -0.4 is 5.32 Å². The molecule has 112 valence electrons. The molecule has 0 radical (unpaired) electrons. The van der Waals surface area contributed by atoms with E-state index < -0.39 is 0 Å². The van der Waals surface area contributed by atoms with Gasteiger partial charge >= 0.3 is 0 Å². The van der Waals surface area contributed by atoms with Crippen molar-refractivity contribution >= 4 is 33.7 Å². The molecule has 4 heteroatoms. The first kappa shape index (κ1) is 15.8. The molecule has 2 aromatic rings. The number of hydrogen-bond donors (Lipinski definition) is 1. The molecule has 1 N–H and O–H groups in total. The first-order valence-electron chi connectivity index (χ1n) is 7.38. The summed E-state index contributed by atoms with van der Waals surface area (Å²) in [5, 5.41) is 6.08. The summed E-state index contributed by atoms with van der Waals surface area (Å²) in [7, 11) is 0. The lowest BCUT2D eigenvalue weighted by atomic mass is 10.1. The zero-order chi connectivity index (χ0) is 13.8. The molecule has 0 atom stereocenters. The Morgan fingerprint density at radius 3 is 2.76 bits per heavy atom. The summed E-state index contributed by atoms with van der Waals surface area (Å²) in [5.41, 5.74) is 1.37. The molecule has 0 fully saturated rings. The fourth-order valence-electron chi connectivity index (χ4n) is 2.67. The van der Waals surface area contributed by atoms with E-state index in [0.717, 1.165) is 38.6 Å². The minimum absolute atomic E-state index is 0. The molecule has 0 unspecified atom stereocenters. The maximum Gasteiger partial charge on any atom is 0.194 e. The highest BCUT2D eigenvalue weighted by molar-refractivity contribution is 8.93. The number of nitrogens with one attached hydrogen (secondary N) is 1. The second kappa shape index (κ2) is 7.46. The number of aliphatic imine (C=N–C) groups is 1. The third kappa shape index (κ3) is 3.76. The molecule has 3 nitrogen and oxygen atoms in total. The zero-order valence-electron chi connectivity index (χ0n) is 12.4. The van der Waals surface area contributed by atoms with E-state index in [0.29, 0.717) is 0 Å². The first-order chi connectivity index (χ1) is 9.86. The van der Waals surface area contributed by atoms with Crippen molar-refractivity contribution in [1.82, 2.24) is 10.2 Å². The summed E-state index contributed by atoms with van der Waals surface area (Å²) in [6, 6.07) is 15.2. The average Bonchev–Trinajstić information content (AvgIpc) is 2.95. The molecule has 21 heavy (non-hydrogen) atoms. The maximum atomic E-state index is 4.50. The normalized spacial score (nSPS) is 14.0.